The quantitative estimate of drug-likeness (QED) is 0.862. The fraction of sp³-hybridized carbons (Fsp3) is 0.286. The van der Waals surface area contributed by atoms with E-state index in [9.17, 15) is 9.18 Å². The number of thiazole rings is 1. The lowest BCUT2D eigenvalue weighted by atomic mass is 10.1. The molecule has 2 rings (SSSR count). The first-order valence-electron chi connectivity index (χ1n) is 6.40. The van der Waals surface area contributed by atoms with Crippen molar-refractivity contribution in [3.63, 3.8) is 0 Å². The minimum absolute atomic E-state index is 0.260. The van der Waals surface area contributed by atoms with E-state index in [0.717, 1.165) is 5.69 Å². The van der Waals surface area contributed by atoms with Crippen molar-refractivity contribution in [2.45, 2.75) is 13.0 Å². The second kappa shape index (κ2) is 7.70. The van der Waals surface area contributed by atoms with Crippen LogP contribution in [0.4, 0.5) is 14.3 Å². The minimum Gasteiger partial charge on any atom is -0.378 e. The van der Waals surface area contributed by atoms with Gasteiger partial charge in [0.05, 0.1) is 12.3 Å². The van der Waals surface area contributed by atoms with Crippen LogP contribution in [0.2, 0.25) is 0 Å². The number of amides is 2. The number of ether oxygens (including phenoxy) is 1. The monoisotopic (exact) mass is 309 g/mol. The molecule has 1 heterocycles. The standard InChI is InChI=1S/C14H16FN3O2S/c1-20-8-11-9-21-14(17-11)18-13(19)16-7-6-10-4-2-3-5-12(10)15/h2-5,9H,6-8H2,1H3,(H2,16,17,18,19). The van der Waals surface area contributed by atoms with Gasteiger partial charge in [0.25, 0.3) is 0 Å². The average molecular weight is 309 g/mol. The number of methoxy groups -OCH3 is 1. The lowest BCUT2D eigenvalue weighted by Gasteiger charge is -2.06. The molecule has 2 N–H and O–H groups in total. The van der Waals surface area contributed by atoms with Crippen LogP contribution in [0.1, 0.15) is 11.3 Å². The third-order valence-electron chi connectivity index (χ3n) is 2.70. The fourth-order valence-corrected chi connectivity index (χ4v) is 2.42. The molecule has 1 aromatic carbocycles. The van der Waals surface area contributed by atoms with Crippen LogP contribution in [0.15, 0.2) is 29.6 Å². The molecule has 0 aliphatic carbocycles. The Morgan fingerprint density at radius 1 is 1.43 bits per heavy atom. The summed E-state index contributed by atoms with van der Waals surface area (Å²) in [5.74, 6) is -0.260. The number of carbonyl (C=O) groups excluding carboxylic acids is 1. The number of carbonyl (C=O) groups is 1. The second-order valence-corrected chi connectivity index (χ2v) is 5.16. The molecule has 0 spiro atoms. The Morgan fingerprint density at radius 3 is 3.00 bits per heavy atom. The Labute approximate surface area is 126 Å². The smallest absolute Gasteiger partial charge is 0.321 e. The molecule has 7 heteroatoms. The van der Waals surface area contributed by atoms with E-state index < -0.39 is 0 Å². The molecule has 0 aliphatic rings. The van der Waals surface area contributed by atoms with Gasteiger partial charge in [0, 0.05) is 19.0 Å². The lowest BCUT2D eigenvalue weighted by molar-refractivity contribution is 0.182. The van der Waals surface area contributed by atoms with Gasteiger partial charge in [-0.2, -0.15) is 0 Å². The summed E-state index contributed by atoms with van der Waals surface area (Å²) in [6.45, 7) is 0.760. The molecular weight excluding hydrogens is 293 g/mol. The summed E-state index contributed by atoms with van der Waals surface area (Å²) in [4.78, 5) is 15.9. The van der Waals surface area contributed by atoms with E-state index in [1.807, 2.05) is 5.38 Å². The number of nitrogens with zero attached hydrogens (tertiary/aromatic N) is 1. The number of nitrogens with one attached hydrogen (secondary N) is 2. The maximum Gasteiger partial charge on any atom is 0.321 e. The molecule has 0 unspecified atom stereocenters. The molecule has 2 aromatic rings. The Balaban J connectivity index is 1.75. The number of anilines is 1. The van der Waals surface area contributed by atoms with Crippen molar-refractivity contribution in [3.8, 4) is 0 Å². The first-order chi connectivity index (χ1) is 10.2. The van der Waals surface area contributed by atoms with Crippen molar-refractivity contribution >= 4 is 22.5 Å². The zero-order chi connectivity index (χ0) is 15.1. The zero-order valence-corrected chi connectivity index (χ0v) is 12.4. The van der Waals surface area contributed by atoms with Gasteiger partial charge in [-0.05, 0) is 18.1 Å². The van der Waals surface area contributed by atoms with Crippen LogP contribution < -0.4 is 10.6 Å². The fourth-order valence-electron chi connectivity index (χ4n) is 1.73. The van der Waals surface area contributed by atoms with Crippen molar-refractivity contribution in [3.05, 3.63) is 46.7 Å². The molecule has 0 saturated carbocycles. The molecule has 21 heavy (non-hydrogen) atoms. The van der Waals surface area contributed by atoms with Gasteiger partial charge in [0.15, 0.2) is 5.13 Å². The van der Waals surface area contributed by atoms with Crippen LogP contribution in [-0.4, -0.2) is 24.7 Å². The first-order valence-corrected chi connectivity index (χ1v) is 7.28. The predicted molar refractivity (Wildman–Crippen MR) is 80.0 cm³/mol. The average Bonchev–Trinajstić information content (AvgIpc) is 2.88. The maximum atomic E-state index is 13.4. The number of rotatable bonds is 6. The van der Waals surface area contributed by atoms with Gasteiger partial charge in [-0.15, -0.1) is 11.3 Å². The van der Waals surface area contributed by atoms with Crippen LogP contribution in [0.3, 0.4) is 0 Å². The van der Waals surface area contributed by atoms with Gasteiger partial charge in [0.2, 0.25) is 0 Å². The normalized spacial score (nSPS) is 10.4. The van der Waals surface area contributed by atoms with Gasteiger partial charge >= 0.3 is 6.03 Å². The number of aromatic nitrogens is 1. The van der Waals surface area contributed by atoms with E-state index in [4.69, 9.17) is 4.74 Å². The Morgan fingerprint density at radius 2 is 2.24 bits per heavy atom. The highest BCUT2D eigenvalue weighted by atomic mass is 32.1. The molecule has 5 nitrogen and oxygen atoms in total. The SMILES string of the molecule is COCc1csc(NC(=O)NCCc2ccccc2F)n1. The molecule has 0 saturated heterocycles. The molecule has 112 valence electrons. The van der Waals surface area contributed by atoms with E-state index in [1.54, 1.807) is 25.3 Å². The number of hydrogen-bond acceptors (Lipinski definition) is 4. The summed E-state index contributed by atoms with van der Waals surface area (Å²) in [5, 5.41) is 7.62. The Kier molecular flexibility index (Phi) is 5.65. The highest BCUT2D eigenvalue weighted by Gasteiger charge is 2.06. The van der Waals surface area contributed by atoms with Crippen molar-refractivity contribution in [2.24, 2.45) is 0 Å². The number of benzene rings is 1. The molecule has 0 radical (unpaired) electrons. The molecule has 1 aromatic heterocycles. The van der Waals surface area contributed by atoms with Crippen LogP contribution >= 0.6 is 11.3 Å². The molecule has 0 atom stereocenters. The van der Waals surface area contributed by atoms with Crippen molar-refractivity contribution in [1.82, 2.24) is 10.3 Å². The summed E-state index contributed by atoms with van der Waals surface area (Å²) in [6.07, 6.45) is 0.437. The van der Waals surface area contributed by atoms with Crippen molar-refractivity contribution in [1.29, 1.82) is 0 Å². The molecular formula is C14H16FN3O2S. The second-order valence-electron chi connectivity index (χ2n) is 4.30. The van der Waals surface area contributed by atoms with E-state index in [2.05, 4.69) is 15.6 Å². The summed E-state index contributed by atoms with van der Waals surface area (Å²) in [6, 6.07) is 6.16. The highest BCUT2D eigenvalue weighted by molar-refractivity contribution is 7.13. The summed E-state index contributed by atoms with van der Waals surface area (Å²) < 4.78 is 18.3. The highest BCUT2D eigenvalue weighted by Crippen LogP contribution is 2.15. The zero-order valence-electron chi connectivity index (χ0n) is 11.6. The van der Waals surface area contributed by atoms with Gasteiger partial charge in [0.1, 0.15) is 5.82 Å². The van der Waals surface area contributed by atoms with E-state index in [1.165, 1.54) is 17.4 Å². The molecule has 0 fully saturated rings. The van der Waals surface area contributed by atoms with Crippen LogP contribution in [0.5, 0.6) is 0 Å². The van der Waals surface area contributed by atoms with Crippen LogP contribution in [0.25, 0.3) is 0 Å². The van der Waals surface area contributed by atoms with Crippen LogP contribution in [0, 0.1) is 5.82 Å². The third-order valence-corrected chi connectivity index (χ3v) is 3.51. The largest absolute Gasteiger partial charge is 0.378 e. The summed E-state index contributed by atoms with van der Waals surface area (Å²) in [7, 11) is 1.59. The number of urea groups is 1. The van der Waals surface area contributed by atoms with Crippen molar-refractivity contribution < 1.29 is 13.9 Å². The van der Waals surface area contributed by atoms with Gasteiger partial charge in [-0.3, -0.25) is 5.32 Å². The van der Waals surface area contributed by atoms with E-state index in [-0.39, 0.29) is 11.8 Å². The lowest BCUT2D eigenvalue weighted by Crippen LogP contribution is -2.30. The minimum atomic E-state index is -0.357. The van der Waals surface area contributed by atoms with Crippen molar-refractivity contribution in [2.75, 3.05) is 19.0 Å². The predicted octanol–water partition coefficient (Wildman–Crippen LogP) is 2.79. The molecule has 2 amide bonds. The first kappa shape index (κ1) is 15.4. The summed E-state index contributed by atoms with van der Waals surface area (Å²) in [5.41, 5.74) is 1.35. The van der Waals surface area contributed by atoms with Crippen LogP contribution in [-0.2, 0) is 17.8 Å². The summed E-state index contributed by atoms with van der Waals surface area (Å²) >= 11 is 1.33. The van der Waals surface area contributed by atoms with Gasteiger partial charge < -0.3 is 10.1 Å². The number of hydrogen-bond donors (Lipinski definition) is 2. The van der Waals surface area contributed by atoms with E-state index in [0.29, 0.717) is 30.3 Å². The maximum absolute atomic E-state index is 13.4. The third kappa shape index (κ3) is 4.80. The Bertz CT molecular complexity index is 603. The Hall–Kier alpha value is -1.99. The van der Waals surface area contributed by atoms with E-state index >= 15 is 0 Å². The topological polar surface area (TPSA) is 63.2 Å². The molecule has 0 aliphatic heterocycles. The van der Waals surface area contributed by atoms with Gasteiger partial charge in [-0.25, -0.2) is 14.2 Å². The number of halogens is 1. The van der Waals surface area contributed by atoms with Gasteiger partial charge in [-0.1, -0.05) is 18.2 Å². The molecule has 0 bridgehead atoms.